The summed E-state index contributed by atoms with van der Waals surface area (Å²) in [6.45, 7) is 2.89. The third-order valence-corrected chi connectivity index (χ3v) is 5.97. The first kappa shape index (κ1) is 17.5. The molecule has 0 unspecified atom stereocenters. The number of benzene rings is 2. The molecule has 1 aromatic heterocycles. The summed E-state index contributed by atoms with van der Waals surface area (Å²) in [6, 6.07) is 15.8. The summed E-state index contributed by atoms with van der Waals surface area (Å²) in [5.74, 6) is -0.0251. The second-order valence-electron chi connectivity index (χ2n) is 6.70. The Kier molecular flexibility index (Phi) is 4.32. The lowest BCUT2D eigenvalue weighted by Crippen LogP contribution is -2.34. The maximum absolute atomic E-state index is 12.7. The van der Waals surface area contributed by atoms with Crippen LogP contribution >= 0.6 is 11.3 Å². The third kappa shape index (κ3) is 2.84. The van der Waals surface area contributed by atoms with Crippen LogP contribution in [-0.2, 0) is 11.3 Å². The number of aryl methyl sites for hydroxylation is 1. The third-order valence-electron chi connectivity index (χ3n) is 4.86. The van der Waals surface area contributed by atoms with Crippen LogP contribution in [0.15, 0.2) is 59.9 Å². The molecule has 0 amide bonds. The zero-order valence-corrected chi connectivity index (χ0v) is 16.4. The van der Waals surface area contributed by atoms with Crippen LogP contribution in [0, 0.1) is 0 Å². The van der Waals surface area contributed by atoms with Gasteiger partial charge in [0.2, 0.25) is 11.3 Å². The largest absolute Gasteiger partial charge is 0.506 e. The summed E-state index contributed by atoms with van der Waals surface area (Å²) in [7, 11) is 3.93. The molecule has 2 aromatic carbocycles. The van der Waals surface area contributed by atoms with E-state index in [2.05, 4.69) is 23.6 Å². The maximum atomic E-state index is 12.7. The van der Waals surface area contributed by atoms with Crippen LogP contribution in [0.25, 0.3) is 21.9 Å². The Morgan fingerprint density at radius 1 is 1.11 bits per heavy atom. The number of allylic oxidation sites excluding steroid dienone is 2. The SMILES string of the molecule is CC[n+]1c(C=C2C(=O)C(c3ccc(N(C)C)cc3)=C2O)sc2ccccc21. The number of anilines is 1. The number of rotatable bonds is 4. The van der Waals surface area contributed by atoms with Gasteiger partial charge in [0, 0.05) is 31.9 Å². The minimum absolute atomic E-state index is 0.0812. The molecule has 4 nitrogen and oxygen atoms in total. The molecular formula is C22H21N2O2S+. The van der Waals surface area contributed by atoms with E-state index in [1.54, 1.807) is 11.3 Å². The smallest absolute Gasteiger partial charge is 0.263 e. The predicted octanol–water partition coefficient (Wildman–Crippen LogP) is 4.21. The van der Waals surface area contributed by atoms with Crippen LogP contribution in [0.4, 0.5) is 5.69 Å². The molecule has 0 aliphatic heterocycles. The van der Waals surface area contributed by atoms with Gasteiger partial charge in [-0.1, -0.05) is 35.6 Å². The standard InChI is InChI=1S/C22H20N2O2S/c1-4-24-17-7-5-6-8-18(17)27-19(24)13-16-21(25)20(22(16)26)14-9-11-15(12-10-14)23(2)3/h5-13H,4H2,1-3H3/p+1. The molecule has 1 N–H and O–H groups in total. The molecule has 1 aliphatic rings. The minimum Gasteiger partial charge on any atom is -0.506 e. The molecule has 0 saturated carbocycles. The number of aromatic nitrogens is 1. The number of aliphatic hydroxyl groups excluding tert-OH is 1. The average molecular weight is 377 g/mol. The minimum atomic E-state index is -0.106. The second-order valence-corrected chi connectivity index (χ2v) is 7.77. The molecule has 5 heteroatoms. The van der Waals surface area contributed by atoms with E-state index in [1.165, 1.54) is 4.70 Å². The summed E-state index contributed by atoms with van der Waals surface area (Å²) in [6.07, 6.45) is 1.81. The molecule has 27 heavy (non-hydrogen) atoms. The highest BCUT2D eigenvalue weighted by atomic mass is 32.1. The molecule has 3 aromatic rings. The molecule has 1 heterocycles. The van der Waals surface area contributed by atoms with E-state index in [0.29, 0.717) is 11.1 Å². The fraction of sp³-hybridized carbons (Fsp3) is 0.182. The number of carbonyl (C=O) groups excluding carboxylic acids is 1. The van der Waals surface area contributed by atoms with E-state index >= 15 is 0 Å². The molecule has 0 saturated heterocycles. The number of para-hydroxylation sites is 1. The second kappa shape index (κ2) is 6.67. The van der Waals surface area contributed by atoms with E-state index in [9.17, 15) is 9.90 Å². The normalized spacial score (nSPS) is 15.5. The van der Waals surface area contributed by atoms with Crippen molar-refractivity contribution in [2.45, 2.75) is 13.5 Å². The number of nitrogens with zero attached hydrogens (tertiary/aromatic N) is 2. The van der Waals surface area contributed by atoms with Crippen molar-refractivity contribution in [1.82, 2.24) is 0 Å². The highest BCUT2D eigenvalue weighted by Gasteiger charge is 2.36. The van der Waals surface area contributed by atoms with Crippen molar-refractivity contribution in [3.8, 4) is 0 Å². The summed E-state index contributed by atoms with van der Waals surface area (Å²) >= 11 is 1.63. The van der Waals surface area contributed by atoms with Gasteiger partial charge in [0.25, 0.3) is 5.01 Å². The Labute approximate surface area is 162 Å². The van der Waals surface area contributed by atoms with Crippen molar-refractivity contribution in [2.75, 3.05) is 19.0 Å². The van der Waals surface area contributed by atoms with E-state index in [4.69, 9.17) is 0 Å². The van der Waals surface area contributed by atoms with Crippen molar-refractivity contribution in [2.24, 2.45) is 0 Å². The van der Waals surface area contributed by atoms with E-state index in [-0.39, 0.29) is 11.5 Å². The molecule has 0 spiro atoms. The van der Waals surface area contributed by atoms with Crippen molar-refractivity contribution < 1.29 is 14.5 Å². The zero-order chi connectivity index (χ0) is 19.1. The van der Waals surface area contributed by atoms with Crippen molar-refractivity contribution in [3.63, 3.8) is 0 Å². The van der Waals surface area contributed by atoms with Crippen molar-refractivity contribution in [3.05, 3.63) is 70.4 Å². The monoisotopic (exact) mass is 377 g/mol. The molecule has 0 bridgehead atoms. The number of ketones is 1. The summed E-state index contributed by atoms with van der Waals surface area (Å²) in [4.78, 5) is 14.7. The van der Waals surface area contributed by atoms with Gasteiger partial charge in [-0.2, -0.15) is 4.57 Å². The molecule has 0 fully saturated rings. The Balaban J connectivity index is 1.73. The number of hydrogen-bond acceptors (Lipinski definition) is 4. The predicted molar refractivity (Wildman–Crippen MR) is 111 cm³/mol. The number of carbonyl (C=O) groups is 1. The summed E-state index contributed by atoms with van der Waals surface area (Å²) in [5.41, 5.74) is 3.73. The van der Waals surface area contributed by atoms with Crippen LogP contribution in [0.3, 0.4) is 0 Å². The quantitative estimate of drug-likeness (QED) is 0.547. The molecule has 1 aliphatic carbocycles. The maximum Gasteiger partial charge on any atom is 0.263 e. The van der Waals surface area contributed by atoms with Gasteiger partial charge in [0.15, 0.2) is 0 Å². The fourth-order valence-electron chi connectivity index (χ4n) is 3.36. The lowest BCUT2D eigenvalue weighted by atomic mass is 9.83. The lowest BCUT2D eigenvalue weighted by Gasteiger charge is -2.21. The van der Waals surface area contributed by atoms with Gasteiger partial charge < -0.3 is 10.0 Å². The van der Waals surface area contributed by atoms with Crippen LogP contribution in [0.1, 0.15) is 17.5 Å². The van der Waals surface area contributed by atoms with Gasteiger partial charge in [-0.3, -0.25) is 4.79 Å². The van der Waals surface area contributed by atoms with Crippen molar-refractivity contribution >= 4 is 44.7 Å². The number of hydrogen-bond donors (Lipinski definition) is 1. The van der Waals surface area contributed by atoms with Crippen molar-refractivity contribution in [1.29, 1.82) is 0 Å². The topological polar surface area (TPSA) is 44.4 Å². The summed E-state index contributed by atoms with van der Waals surface area (Å²) in [5, 5.41) is 11.5. The Morgan fingerprint density at radius 3 is 2.44 bits per heavy atom. The molecular weight excluding hydrogens is 356 g/mol. The fourth-order valence-corrected chi connectivity index (χ4v) is 4.53. The highest BCUT2D eigenvalue weighted by Crippen LogP contribution is 2.38. The van der Waals surface area contributed by atoms with E-state index in [1.807, 2.05) is 61.5 Å². The van der Waals surface area contributed by atoms with Gasteiger partial charge in [0.05, 0.1) is 11.1 Å². The lowest BCUT2D eigenvalue weighted by molar-refractivity contribution is -0.665. The molecule has 4 rings (SSSR count). The molecule has 0 radical (unpaired) electrons. The van der Waals surface area contributed by atoms with E-state index in [0.717, 1.165) is 28.3 Å². The Hall–Kier alpha value is -2.92. The average Bonchev–Trinajstić information content (AvgIpc) is 3.04. The Morgan fingerprint density at radius 2 is 1.81 bits per heavy atom. The Bertz CT molecular complexity index is 1110. The highest BCUT2D eigenvalue weighted by molar-refractivity contribution is 7.18. The van der Waals surface area contributed by atoms with Crippen LogP contribution in [-0.4, -0.2) is 25.0 Å². The summed E-state index contributed by atoms with van der Waals surface area (Å²) < 4.78 is 3.33. The van der Waals surface area contributed by atoms with Gasteiger partial charge in [-0.25, -0.2) is 0 Å². The van der Waals surface area contributed by atoms with Crippen LogP contribution < -0.4 is 9.47 Å². The first-order valence-electron chi connectivity index (χ1n) is 8.90. The van der Waals surface area contributed by atoms with Gasteiger partial charge in [-0.05, 0) is 30.7 Å². The first-order valence-corrected chi connectivity index (χ1v) is 9.72. The number of Topliss-reactive ketones (excluding diaryl/α,β-unsaturated/α-hetero) is 1. The molecule has 136 valence electrons. The van der Waals surface area contributed by atoms with Gasteiger partial charge in [0.1, 0.15) is 17.0 Å². The first-order chi connectivity index (χ1) is 13.0. The zero-order valence-electron chi connectivity index (χ0n) is 15.6. The molecule has 0 atom stereocenters. The van der Waals surface area contributed by atoms with Gasteiger partial charge in [-0.15, -0.1) is 0 Å². The number of aliphatic hydroxyl groups is 1. The van der Waals surface area contributed by atoms with Gasteiger partial charge >= 0.3 is 0 Å². The van der Waals surface area contributed by atoms with Crippen LogP contribution in [0.5, 0.6) is 0 Å². The van der Waals surface area contributed by atoms with Crippen LogP contribution in [0.2, 0.25) is 0 Å². The van der Waals surface area contributed by atoms with E-state index < -0.39 is 0 Å². The number of thiazole rings is 1. The number of fused-ring (bicyclic) bond motifs is 1.